The Kier molecular flexibility index (Phi) is 4.86. The van der Waals surface area contributed by atoms with Gasteiger partial charge in [-0.25, -0.2) is 9.97 Å². The monoisotopic (exact) mass is 257 g/mol. The second-order valence-corrected chi connectivity index (χ2v) is 4.31. The second-order valence-electron chi connectivity index (χ2n) is 4.31. The molecule has 1 N–H and O–H groups in total. The van der Waals surface area contributed by atoms with Gasteiger partial charge in [0.05, 0.1) is 7.11 Å². The minimum absolute atomic E-state index is 0.742. The molecule has 0 fully saturated rings. The summed E-state index contributed by atoms with van der Waals surface area (Å²) in [5.41, 5.74) is 2.29. The van der Waals surface area contributed by atoms with Crippen molar-refractivity contribution in [3.8, 4) is 5.75 Å². The van der Waals surface area contributed by atoms with E-state index in [0.717, 1.165) is 36.6 Å². The Morgan fingerprint density at radius 1 is 1.05 bits per heavy atom. The number of rotatable bonds is 6. The SMILES string of the molecule is CCNCc1cnc(Cc2ccc(OC)cc2)nc1. The molecule has 0 radical (unpaired) electrons. The number of hydrogen-bond acceptors (Lipinski definition) is 4. The number of ether oxygens (including phenoxy) is 1. The van der Waals surface area contributed by atoms with E-state index in [1.165, 1.54) is 5.56 Å². The van der Waals surface area contributed by atoms with E-state index in [1.54, 1.807) is 7.11 Å². The standard InChI is InChI=1S/C15H19N3O/c1-3-16-9-13-10-17-15(18-11-13)8-12-4-6-14(19-2)7-5-12/h4-7,10-11,16H,3,8-9H2,1-2H3. The lowest BCUT2D eigenvalue weighted by atomic mass is 10.1. The molecule has 1 heterocycles. The molecule has 0 spiro atoms. The fourth-order valence-corrected chi connectivity index (χ4v) is 1.76. The van der Waals surface area contributed by atoms with Crippen LogP contribution in [-0.4, -0.2) is 23.6 Å². The van der Waals surface area contributed by atoms with Gasteiger partial charge in [0.1, 0.15) is 11.6 Å². The van der Waals surface area contributed by atoms with Crippen molar-refractivity contribution in [3.63, 3.8) is 0 Å². The summed E-state index contributed by atoms with van der Waals surface area (Å²) in [6.45, 7) is 3.85. The Bertz CT molecular complexity index is 494. The van der Waals surface area contributed by atoms with E-state index < -0.39 is 0 Å². The van der Waals surface area contributed by atoms with Crippen molar-refractivity contribution in [1.29, 1.82) is 0 Å². The molecule has 0 unspecified atom stereocenters. The highest BCUT2D eigenvalue weighted by molar-refractivity contribution is 5.28. The van der Waals surface area contributed by atoms with Gasteiger partial charge in [-0.3, -0.25) is 0 Å². The van der Waals surface area contributed by atoms with Crippen LogP contribution >= 0.6 is 0 Å². The summed E-state index contributed by atoms with van der Waals surface area (Å²) in [5, 5.41) is 3.25. The van der Waals surface area contributed by atoms with E-state index in [2.05, 4.69) is 22.2 Å². The molecule has 1 aromatic carbocycles. The Morgan fingerprint density at radius 2 is 1.74 bits per heavy atom. The summed E-state index contributed by atoms with van der Waals surface area (Å²) in [6, 6.07) is 7.98. The van der Waals surface area contributed by atoms with Crippen LogP contribution in [-0.2, 0) is 13.0 Å². The van der Waals surface area contributed by atoms with Crippen molar-refractivity contribution in [2.75, 3.05) is 13.7 Å². The minimum Gasteiger partial charge on any atom is -0.497 e. The zero-order valence-electron chi connectivity index (χ0n) is 11.4. The van der Waals surface area contributed by atoms with Crippen LogP contribution in [0.5, 0.6) is 5.75 Å². The van der Waals surface area contributed by atoms with Crippen molar-refractivity contribution >= 4 is 0 Å². The Balaban J connectivity index is 1.98. The molecule has 2 rings (SSSR count). The molecule has 0 aliphatic heterocycles. The summed E-state index contributed by atoms with van der Waals surface area (Å²) in [7, 11) is 1.67. The molecule has 4 heteroatoms. The molecule has 2 aromatic rings. The Labute approximate surface area is 113 Å². The van der Waals surface area contributed by atoms with E-state index >= 15 is 0 Å². The third-order valence-corrected chi connectivity index (χ3v) is 2.86. The predicted molar refractivity (Wildman–Crippen MR) is 75.2 cm³/mol. The maximum Gasteiger partial charge on any atom is 0.132 e. The summed E-state index contributed by atoms with van der Waals surface area (Å²) in [4.78, 5) is 8.77. The summed E-state index contributed by atoms with van der Waals surface area (Å²) in [6.07, 6.45) is 4.51. The molecule has 0 saturated heterocycles. The Morgan fingerprint density at radius 3 is 2.32 bits per heavy atom. The van der Waals surface area contributed by atoms with E-state index in [-0.39, 0.29) is 0 Å². The van der Waals surface area contributed by atoms with Gasteiger partial charge in [0, 0.05) is 30.9 Å². The largest absolute Gasteiger partial charge is 0.497 e. The van der Waals surface area contributed by atoms with Crippen LogP contribution in [0.2, 0.25) is 0 Å². The van der Waals surface area contributed by atoms with Crippen molar-refractivity contribution < 1.29 is 4.74 Å². The molecule has 0 saturated carbocycles. The quantitative estimate of drug-likeness (QED) is 0.861. The van der Waals surface area contributed by atoms with Crippen LogP contribution in [0.25, 0.3) is 0 Å². The lowest BCUT2D eigenvalue weighted by Crippen LogP contribution is -2.12. The molecule has 0 aliphatic carbocycles. The van der Waals surface area contributed by atoms with Gasteiger partial charge >= 0.3 is 0 Å². The third kappa shape index (κ3) is 4.03. The molecule has 1 aromatic heterocycles. The smallest absolute Gasteiger partial charge is 0.132 e. The molecule has 0 aliphatic rings. The van der Waals surface area contributed by atoms with Crippen LogP contribution in [0.1, 0.15) is 23.9 Å². The molecule has 0 bridgehead atoms. The number of hydrogen-bond donors (Lipinski definition) is 1. The molecular weight excluding hydrogens is 238 g/mol. The normalized spacial score (nSPS) is 10.4. The fourth-order valence-electron chi connectivity index (χ4n) is 1.76. The zero-order chi connectivity index (χ0) is 13.5. The lowest BCUT2D eigenvalue weighted by Gasteiger charge is -2.04. The average Bonchev–Trinajstić information content (AvgIpc) is 2.47. The van der Waals surface area contributed by atoms with E-state index in [1.807, 2.05) is 36.7 Å². The van der Waals surface area contributed by atoms with Crippen LogP contribution in [0.15, 0.2) is 36.7 Å². The van der Waals surface area contributed by atoms with Gasteiger partial charge < -0.3 is 10.1 Å². The lowest BCUT2D eigenvalue weighted by molar-refractivity contribution is 0.414. The summed E-state index contributed by atoms with van der Waals surface area (Å²) < 4.78 is 5.13. The minimum atomic E-state index is 0.742. The average molecular weight is 257 g/mol. The molecular formula is C15H19N3O. The molecule has 4 nitrogen and oxygen atoms in total. The van der Waals surface area contributed by atoms with Crippen LogP contribution in [0.3, 0.4) is 0 Å². The highest BCUT2D eigenvalue weighted by Crippen LogP contribution is 2.13. The zero-order valence-corrected chi connectivity index (χ0v) is 11.4. The van der Waals surface area contributed by atoms with Gasteiger partial charge in [-0.15, -0.1) is 0 Å². The van der Waals surface area contributed by atoms with Crippen LogP contribution in [0.4, 0.5) is 0 Å². The predicted octanol–water partition coefficient (Wildman–Crippen LogP) is 2.19. The molecule has 19 heavy (non-hydrogen) atoms. The first-order valence-corrected chi connectivity index (χ1v) is 6.45. The fraction of sp³-hybridized carbons (Fsp3) is 0.333. The first-order valence-electron chi connectivity index (χ1n) is 6.45. The number of nitrogens with zero attached hydrogens (tertiary/aromatic N) is 2. The van der Waals surface area contributed by atoms with E-state index in [4.69, 9.17) is 4.74 Å². The highest BCUT2D eigenvalue weighted by atomic mass is 16.5. The van der Waals surface area contributed by atoms with Gasteiger partial charge in [0.15, 0.2) is 0 Å². The van der Waals surface area contributed by atoms with Crippen LogP contribution in [0, 0.1) is 0 Å². The number of methoxy groups -OCH3 is 1. The van der Waals surface area contributed by atoms with Gasteiger partial charge in [-0.1, -0.05) is 19.1 Å². The van der Waals surface area contributed by atoms with Crippen molar-refractivity contribution in [2.24, 2.45) is 0 Å². The van der Waals surface area contributed by atoms with Gasteiger partial charge in [-0.2, -0.15) is 0 Å². The van der Waals surface area contributed by atoms with Gasteiger partial charge in [0.25, 0.3) is 0 Å². The first-order chi connectivity index (χ1) is 9.31. The maximum absolute atomic E-state index is 5.13. The van der Waals surface area contributed by atoms with Crippen molar-refractivity contribution in [2.45, 2.75) is 19.9 Å². The summed E-state index contributed by atoms with van der Waals surface area (Å²) in [5.74, 6) is 1.70. The number of benzene rings is 1. The number of nitrogens with one attached hydrogen (secondary N) is 1. The van der Waals surface area contributed by atoms with Crippen molar-refractivity contribution in [1.82, 2.24) is 15.3 Å². The topological polar surface area (TPSA) is 47.0 Å². The van der Waals surface area contributed by atoms with Gasteiger partial charge in [-0.05, 0) is 24.2 Å². The number of aromatic nitrogens is 2. The first kappa shape index (κ1) is 13.5. The van der Waals surface area contributed by atoms with E-state index in [9.17, 15) is 0 Å². The van der Waals surface area contributed by atoms with Crippen molar-refractivity contribution in [3.05, 3.63) is 53.6 Å². The van der Waals surface area contributed by atoms with Gasteiger partial charge in [0.2, 0.25) is 0 Å². The third-order valence-electron chi connectivity index (χ3n) is 2.86. The second kappa shape index (κ2) is 6.85. The maximum atomic E-state index is 5.13. The Hall–Kier alpha value is -1.94. The molecule has 0 amide bonds. The molecule has 0 atom stereocenters. The van der Waals surface area contributed by atoms with Crippen LogP contribution < -0.4 is 10.1 Å². The highest BCUT2D eigenvalue weighted by Gasteiger charge is 2.00. The van der Waals surface area contributed by atoms with E-state index in [0.29, 0.717) is 0 Å². The molecule has 100 valence electrons. The summed E-state index contributed by atoms with van der Waals surface area (Å²) >= 11 is 0.